The summed E-state index contributed by atoms with van der Waals surface area (Å²) >= 11 is 0. The number of rotatable bonds is 4. The van der Waals surface area contributed by atoms with Gasteiger partial charge >= 0.3 is 18.1 Å². The van der Waals surface area contributed by atoms with Crippen molar-refractivity contribution in [2.24, 2.45) is 0 Å². The highest BCUT2D eigenvalue weighted by molar-refractivity contribution is 5.89. The van der Waals surface area contributed by atoms with Gasteiger partial charge < -0.3 is 19.5 Å². The number of amides is 1. The minimum atomic E-state index is -5.07. The number of carbonyl (C=O) groups excluding carboxylic acids is 2. The number of nitrogens with one attached hydrogen (secondary N) is 1. The zero-order valence-corrected chi connectivity index (χ0v) is 14.5. The lowest BCUT2D eigenvalue weighted by Gasteiger charge is -2.46. The molecule has 9 heteroatoms. The van der Waals surface area contributed by atoms with Gasteiger partial charge in [0.1, 0.15) is 0 Å². The topological polar surface area (TPSA) is 73.9 Å². The smallest absolute Gasteiger partial charge is 0.454 e. The molecule has 26 heavy (non-hydrogen) atoms. The second-order valence-electron chi connectivity index (χ2n) is 6.27. The van der Waals surface area contributed by atoms with E-state index in [0.717, 1.165) is 0 Å². The Kier molecular flexibility index (Phi) is 5.92. The third kappa shape index (κ3) is 4.53. The van der Waals surface area contributed by atoms with Crippen LogP contribution in [0, 0.1) is 0 Å². The van der Waals surface area contributed by atoms with Crippen molar-refractivity contribution in [3.63, 3.8) is 0 Å². The summed E-state index contributed by atoms with van der Waals surface area (Å²) in [5.74, 6) is -2.85. The van der Waals surface area contributed by atoms with Gasteiger partial charge in [0.2, 0.25) is 0 Å². The summed E-state index contributed by atoms with van der Waals surface area (Å²) in [4.78, 5) is 23.8. The van der Waals surface area contributed by atoms with Gasteiger partial charge in [-0.15, -0.1) is 0 Å². The fraction of sp³-hybridized carbons (Fsp3) is 0.529. The Hall–Kier alpha value is -2.13. The molecule has 1 N–H and O–H groups in total. The number of hydrogen-bond acceptors (Lipinski definition) is 5. The Labute approximate surface area is 148 Å². The standard InChI is InChI=1S/C17H20F3NO5/c1-10-13(26-14(22)11-7-5-4-6-8-11)16(2,9-12(24-3)25-10)21-15(23)17(18,19)20/h4-8,10,12-13H,9H2,1-3H3,(H,21,23)/t10-,12-,13+,16-/m0/s1. The van der Waals surface area contributed by atoms with Crippen LogP contribution in [0.5, 0.6) is 0 Å². The van der Waals surface area contributed by atoms with Crippen molar-refractivity contribution in [3.05, 3.63) is 35.9 Å². The summed E-state index contributed by atoms with van der Waals surface area (Å²) in [6.07, 6.45) is -7.99. The predicted octanol–water partition coefficient (Wildman–Crippen LogP) is 2.43. The van der Waals surface area contributed by atoms with Crippen LogP contribution in [0.15, 0.2) is 30.3 Å². The van der Waals surface area contributed by atoms with Gasteiger partial charge in [0.15, 0.2) is 12.4 Å². The van der Waals surface area contributed by atoms with E-state index in [9.17, 15) is 22.8 Å². The first-order valence-corrected chi connectivity index (χ1v) is 7.90. The first-order valence-electron chi connectivity index (χ1n) is 7.90. The molecule has 0 unspecified atom stereocenters. The van der Waals surface area contributed by atoms with Gasteiger partial charge in [0.05, 0.1) is 17.2 Å². The molecule has 144 valence electrons. The Morgan fingerprint density at radius 2 is 1.88 bits per heavy atom. The predicted molar refractivity (Wildman–Crippen MR) is 84.2 cm³/mol. The molecule has 6 nitrogen and oxygen atoms in total. The molecular formula is C17H20F3NO5. The minimum Gasteiger partial charge on any atom is -0.454 e. The van der Waals surface area contributed by atoms with E-state index in [0.29, 0.717) is 0 Å². The number of methoxy groups -OCH3 is 1. The van der Waals surface area contributed by atoms with Crippen LogP contribution in [0.4, 0.5) is 13.2 Å². The molecular weight excluding hydrogens is 355 g/mol. The third-order valence-electron chi connectivity index (χ3n) is 4.17. The lowest BCUT2D eigenvalue weighted by Crippen LogP contribution is -2.66. The van der Waals surface area contributed by atoms with Crippen molar-refractivity contribution in [2.75, 3.05) is 7.11 Å². The number of hydrogen-bond donors (Lipinski definition) is 1. The molecule has 0 bridgehead atoms. The maximum absolute atomic E-state index is 12.7. The van der Waals surface area contributed by atoms with Crippen molar-refractivity contribution < 1.29 is 37.0 Å². The van der Waals surface area contributed by atoms with Crippen LogP contribution in [-0.4, -0.2) is 49.2 Å². The summed E-state index contributed by atoms with van der Waals surface area (Å²) in [5, 5.41) is 1.94. The molecule has 1 aliphatic rings. The van der Waals surface area contributed by atoms with Crippen LogP contribution in [0.2, 0.25) is 0 Å². The second-order valence-corrected chi connectivity index (χ2v) is 6.27. The maximum atomic E-state index is 12.7. The highest BCUT2D eigenvalue weighted by Gasteiger charge is 2.52. The molecule has 0 spiro atoms. The molecule has 2 rings (SSSR count). The maximum Gasteiger partial charge on any atom is 0.471 e. The van der Waals surface area contributed by atoms with Gasteiger partial charge in [-0.2, -0.15) is 13.2 Å². The number of esters is 1. The van der Waals surface area contributed by atoms with Crippen LogP contribution in [0.3, 0.4) is 0 Å². The fourth-order valence-corrected chi connectivity index (χ4v) is 2.91. The minimum absolute atomic E-state index is 0.123. The lowest BCUT2D eigenvalue weighted by molar-refractivity contribution is -0.234. The van der Waals surface area contributed by atoms with Crippen molar-refractivity contribution in [1.29, 1.82) is 0 Å². The molecule has 4 atom stereocenters. The van der Waals surface area contributed by atoms with Gasteiger partial charge in [-0.3, -0.25) is 4.79 Å². The molecule has 1 saturated heterocycles. The van der Waals surface area contributed by atoms with Crippen LogP contribution in [0.25, 0.3) is 0 Å². The van der Waals surface area contributed by atoms with E-state index >= 15 is 0 Å². The Balaban J connectivity index is 2.26. The quantitative estimate of drug-likeness (QED) is 0.819. The van der Waals surface area contributed by atoms with E-state index in [-0.39, 0.29) is 12.0 Å². The van der Waals surface area contributed by atoms with Crippen LogP contribution in [0.1, 0.15) is 30.6 Å². The van der Waals surface area contributed by atoms with Crippen molar-refractivity contribution >= 4 is 11.9 Å². The first-order chi connectivity index (χ1) is 12.1. The van der Waals surface area contributed by atoms with Crippen LogP contribution >= 0.6 is 0 Å². The number of benzene rings is 1. The normalized spacial score (nSPS) is 29.1. The first kappa shape index (κ1) is 20.2. The van der Waals surface area contributed by atoms with E-state index in [4.69, 9.17) is 14.2 Å². The van der Waals surface area contributed by atoms with Gasteiger partial charge in [-0.1, -0.05) is 18.2 Å². The largest absolute Gasteiger partial charge is 0.471 e. The van der Waals surface area contributed by atoms with Crippen molar-refractivity contribution in [2.45, 2.75) is 50.5 Å². The number of carbonyl (C=O) groups is 2. The van der Waals surface area contributed by atoms with Gasteiger partial charge in [0, 0.05) is 13.5 Å². The summed E-state index contributed by atoms with van der Waals surface area (Å²) in [7, 11) is 1.33. The molecule has 0 saturated carbocycles. The molecule has 0 aromatic heterocycles. The van der Waals surface area contributed by atoms with E-state index < -0.39 is 42.1 Å². The lowest BCUT2D eigenvalue weighted by atomic mass is 9.84. The zero-order valence-electron chi connectivity index (χ0n) is 14.5. The van der Waals surface area contributed by atoms with E-state index in [1.165, 1.54) is 33.1 Å². The van der Waals surface area contributed by atoms with Gasteiger partial charge in [-0.25, -0.2) is 4.79 Å². The summed E-state index contributed by atoms with van der Waals surface area (Å²) < 4.78 is 54.2. The molecule has 1 aromatic carbocycles. The Bertz CT molecular complexity index is 652. The van der Waals surface area contributed by atoms with Crippen molar-refractivity contribution in [1.82, 2.24) is 5.32 Å². The summed E-state index contributed by atoms with van der Waals surface area (Å²) in [6.45, 7) is 2.90. The third-order valence-corrected chi connectivity index (χ3v) is 4.17. The molecule has 1 fully saturated rings. The van der Waals surface area contributed by atoms with Crippen LogP contribution in [-0.2, 0) is 19.0 Å². The highest BCUT2D eigenvalue weighted by Crippen LogP contribution is 2.33. The molecule has 1 aliphatic heterocycles. The molecule has 1 aromatic rings. The fourth-order valence-electron chi connectivity index (χ4n) is 2.91. The Morgan fingerprint density at radius 1 is 1.27 bits per heavy atom. The highest BCUT2D eigenvalue weighted by atomic mass is 19.4. The monoisotopic (exact) mass is 375 g/mol. The van der Waals surface area contributed by atoms with Gasteiger partial charge in [-0.05, 0) is 26.0 Å². The van der Waals surface area contributed by atoms with E-state index in [1.54, 1.807) is 18.2 Å². The Morgan fingerprint density at radius 3 is 2.42 bits per heavy atom. The van der Waals surface area contributed by atoms with Crippen molar-refractivity contribution in [3.8, 4) is 0 Å². The SMILES string of the molecule is CO[C@@H]1C[C@](C)(NC(=O)C(F)(F)F)[C@H](OC(=O)c2ccccc2)[C@H](C)O1. The summed E-state index contributed by atoms with van der Waals surface area (Å²) in [6, 6.07) is 7.99. The molecule has 1 amide bonds. The number of halogens is 3. The van der Waals surface area contributed by atoms with Crippen LogP contribution < -0.4 is 5.32 Å². The van der Waals surface area contributed by atoms with E-state index in [1.807, 2.05) is 5.32 Å². The molecule has 0 radical (unpaired) electrons. The van der Waals surface area contributed by atoms with E-state index in [2.05, 4.69) is 0 Å². The number of ether oxygens (including phenoxy) is 3. The summed E-state index contributed by atoms with van der Waals surface area (Å²) in [5.41, 5.74) is -1.30. The molecule has 1 heterocycles. The number of alkyl halides is 3. The zero-order chi connectivity index (χ0) is 19.5. The second kappa shape index (κ2) is 7.63. The average Bonchev–Trinajstić information content (AvgIpc) is 2.57. The van der Waals surface area contributed by atoms with Gasteiger partial charge in [0.25, 0.3) is 0 Å². The molecule has 0 aliphatic carbocycles. The average molecular weight is 375 g/mol.